The second-order valence-corrected chi connectivity index (χ2v) is 8.66. The average molecular weight is 441 g/mol. The Morgan fingerprint density at radius 1 is 1.29 bits per heavy atom. The molecule has 0 spiro atoms. The summed E-state index contributed by atoms with van der Waals surface area (Å²) in [4.78, 5) is 43.5. The number of anilines is 2. The number of furan rings is 1. The van der Waals surface area contributed by atoms with Crippen molar-refractivity contribution in [2.45, 2.75) is 49.4 Å². The molecule has 1 unspecified atom stereocenters. The van der Waals surface area contributed by atoms with Crippen molar-refractivity contribution in [3.63, 3.8) is 0 Å². The number of carbonyl (C=O) groups excluding carboxylic acids is 1. The smallest absolute Gasteiger partial charge is 0.330 e. The lowest BCUT2D eigenvalue weighted by molar-refractivity contribution is -0.118. The standard InChI is InChI=1S/C22H24N4O4S/c1-2-3-10-25-19(23)18(20(27)24-22(25)29)26(13-15-8-6-11-30-15)21(28)17-12-14-7-4-5-9-16(14)31-17/h4-9,11,17H,2-3,10,12-13,23H2,1H3,(H,24,27,29). The van der Waals surface area contributed by atoms with E-state index < -0.39 is 16.5 Å². The van der Waals surface area contributed by atoms with Crippen LogP contribution in [0.25, 0.3) is 0 Å². The Morgan fingerprint density at radius 2 is 2.10 bits per heavy atom. The van der Waals surface area contributed by atoms with Gasteiger partial charge in [-0.3, -0.25) is 24.0 Å². The molecule has 2 aromatic heterocycles. The van der Waals surface area contributed by atoms with Gasteiger partial charge in [-0.1, -0.05) is 31.5 Å². The van der Waals surface area contributed by atoms with E-state index in [1.54, 1.807) is 12.1 Å². The summed E-state index contributed by atoms with van der Waals surface area (Å²) in [6, 6.07) is 11.3. The minimum atomic E-state index is -0.685. The fourth-order valence-corrected chi connectivity index (χ4v) is 4.95. The number of nitrogens with two attached hydrogens (primary N) is 1. The zero-order chi connectivity index (χ0) is 22.0. The van der Waals surface area contributed by atoms with E-state index in [0.29, 0.717) is 18.7 Å². The van der Waals surface area contributed by atoms with Gasteiger partial charge in [0.05, 0.1) is 18.1 Å². The second kappa shape index (κ2) is 8.89. The summed E-state index contributed by atoms with van der Waals surface area (Å²) in [6.45, 7) is 2.39. The number of H-pyrrole nitrogens is 1. The van der Waals surface area contributed by atoms with Crippen molar-refractivity contribution in [1.82, 2.24) is 9.55 Å². The normalized spacial score (nSPS) is 15.1. The van der Waals surface area contributed by atoms with Crippen molar-refractivity contribution in [3.05, 3.63) is 74.8 Å². The predicted octanol–water partition coefficient (Wildman–Crippen LogP) is 2.76. The Hall–Kier alpha value is -3.20. The molecule has 0 saturated carbocycles. The molecule has 162 valence electrons. The number of rotatable bonds is 7. The minimum Gasteiger partial charge on any atom is -0.467 e. The summed E-state index contributed by atoms with van der Waals surface area (Å²) >= 11 is 1.47. The molecule has 1 aliphatic heterocycles. The van der Waals surface area contributed by atoms with Crippen molar-refractivity contribution >= 4 is 29.2 Å². The predicted molar refractivity (Wildman–Crippen MR) is 120 cm³/mol. The largest absolute Gasteiger partial charge is 0.467 e. The Morgan fingerprint density at radius 3 is 2.81 bits per heavy atom. The SMILES string of the molecule is CCCCn1c(N)c(N(Cc2ccco2)C(=O)C2Cc3ccccc3S2)c(=O)[nH]c1=O. The Balaban J connectivity index is 1.75. The zero-order valence-electron chi connectivity index (χ0n) is 17.2. The first-order valence-electron chi connectivity index (χ1n) is 10.2. The summed E-state index contributed by atoms with van der Waals surface area (Å²) in [5.41, 5.74) is 6.10. The molecular formula is C22H24N4O4S. The van der Waals surface area contributed by atoms with E-state index in [9.17, 15) is 14.4 Å². The average Bonchev–Trinajstić information content (AvgIpc) is 3.41. The number of benzene rings is 1. The van der Waals surface area contributed by atoms with Gasteiger partial charge in [-0.15, -0.1) is 11.8 Å². The van der Waals surface area contributed by atoms with Crippen molar-refractivity contribution in [1.29, 1.82) is 0 Å². The van der Waals surface area contributed by atoms with Crippen LogP contribution in [-0.2, 0) is 24.3 Å². The highest BCUT2D eigenvalue weighted by Crippen LogP contribution is 2.38. The van der Waals surface area contributed by atoms with Crippen LogP contribution in [0.2, 0.25) is 0 Å². The molecule has 0 saturated heterocycles. The third-order valence-corrected chi connectivity index (χ3v) is 6.61. The number of nitrogens with zero attached hydrogens (tertiary/aromatic N) is 2. The number of nitrogens with one attached hydrogen (secondary N) is 1. The lowest BCUT2D eigenvalue weighted by atomic mass is 10.1. The minimum absolute atomic E-state index is 0.0115. The summed E-state index contributed by atoms with van der Waals surface area (Å²) in [5, 5.41) is -0.401. The van der Waals surface area contributed by atoms with Gasteiger partial charge in [0, 0.05) is 11.4 Å². The van der Waals surface area contributed by atoms with Gasteiger partial charge < -0.3 is 10.2 Å². The molecule has 3 aromatic rings. The number of thioether (sulfide) groups is 1. The van der Waals surface area contributed by atoms with E-state index >= 15 is 0 Å². The maximum Gasteiger partial charge on any atom is 0.330 e. The molecule has 0 bridgehead atoms. The van der Waals surface area contributed by atoms with Crippen molar-refractivity contribution < 1.29 is 9.21 Å². The fourth-order valence-electron chi connectivity index (χ4n) is 3.70. The van der Waals surface area contributed by atoms with Gasteiger partial charge in [-0.2, -0.15) is 0 Å². The van der Waals surface area contributed by atoms with Gasteiger partial charge in [-0.25, -0.2) is 4.79 Å². The van der Waals surface area contributed by atoms with Gasteiger partial charge in [0.1, 0.15) is 11.6 Å². The highest BCUT2D eigenvalue weighted by Gasteiger charge is 2.35. The van der Waals surface area contributed by atoms with E-state index in [4.69, 9.17) is 10.2 Å². The van der Waals surface area contributed by atoms with Crippen LogP contribution in [0.3, 0.4) is 0 Å². The number of hydrogen-bond donors (Lipinski definition) is 2. The number of amides is 1. The Labute approximate surface area is 183 Å². The van der Waals surface area contributed by atoms with Gasteiger partial charge in [0.15, 0.2) is 5.69 Å². The van der Waals surface area contributed by atoms with Crippen LogP contribution in [0.5, 0.6) is 0 Å². The van der Waals surface area contributed by atoms with E-state index in [2.05, 4.69) is 4.98 Å². The Bertz CT molecular complexity index is 1170. The number of aromatic amines is 1. The summed E-state index contributed by atoms with van der Waals surface area (Å²) < 4.78 is 6.76. The van der Waals surface area contributed by atoms with Crippen molar-refractivity contribution in [3.8, 4) is 0 Å². The third-order valence-electron chi connectivity index (χ3n) is 5.30. The van der Waals surface area contributed by atoms with Crippen LogP contribution in [0.1, 0.15) is 31.1 Å². The number of carbonyl (C=O) groups is 1. The van der Waals surface area contributed by atoms with Gasteiger partial charge in [-0.05, 0) is 36.6 Å². The molecule has 3 N–H and O–H groups in total. The first-order valence-corrected chi connectivity index (χ1v) is 11.1. The van der Waals surface area contributed by atoms with E-state index in [-0.39, 0.29) is 24.0 Å². The highest BCUT2D eigenvalue weighted by atomic mass is 32.2. The first-order chi connectivity index (χ1) is 15.0. The van der Waals surface area contributed by atoms with Gasteiger partial charge in [0.2, 0.25) is 5.91 Å². The molecule has 1 aliphatic rings. The molecule has 31 heavy (non-hydrogen) atoms. The molecule has 8 nitrogen and oxygen atoms in total. The molecule has 0 radical (unpaired) electrons. The monoisotopic (exact) mass is 440 g/mol. The molecule has 0 fully saturated rings. The molecule has 3 heterocycles. The van der Waals surface area contributed by atoms with Crippen molar-refractivity contribution in [2.24, 2.45) is 0 Å². The summed E-state index contributed by atoms with van der Waals surface area (Å²) in [7, 11) is 0. The van der Waals surface area contributed by atoms with E-state index in [1.165, 1.54) is 27.5 Å². The number of aromatic nitrogens is 2. The summed E-state index contributed by atoms with van der Waals surface area (Å²) in [5.74, 6) is 0.247. The summed E-state index contributed by atoms with van der Waals surface area (Å²) in [6.07, 6.45) is 3.64. The van der Waals surface area contributed by atoms with Crippen LogP contribution in [-0.4, -0.2) is 20.7 Å². The molecule has 1 aromatic carbocycles. The maximum atomic E-state index is 13.6. The number of unbranched alkanes of at least 4 members (excludes halogenated alkanes) is 1. The zero-order valence-corrected chi connectivity index (χ0v) is 18.0. The lowest BCUT2D eigenvalue weighted by Gasteiger charge is -2.26. The number of nitrogen functional groups attached to an aromatic ring is 1. The van der Waals surface area contributed by atoms with Crippen LogP contribution < -0.4 is 21.9 Å². The molecule has 4 rings (SSSR count). The third kappa shape index (κ3) is 4.18. The van der Waals surface area contributed by atoms with E-state index in [1.807, 2.05) is 31.2 Å². The highest BCUT2D eigenvalue weighted by molar-refractivity contribution is 8.01. The number of fused-ring (bicyclic) bond motifs is 1. The van der Waals surface area contributed by atoms with Gasteiger partial charge in [0.25, 0.3) is 5.56 Å². The van der Waals surface area contributed by atoms with Crippen LogP contribution in [0, 0.1) is 0 Å². The molecule has 0 aliphatic carbocycles. The topological polar surface area (TPSA) is 114 Å². The lowest BCUT2D eigenvalue weighted by Crippen LogP contribution is -2.44. The van der Waals surface area contributed by atoms with Gasteiger partial charge >= 0.3 is 5.69 Å². The van der Waals surface area contributed by atoms with Crippen molar-refractivity contribution in [2.75, 3.05) is 10.6 Å². The van der Waals surface area contributed by atoms with Crippen LogP contribution in [0.4, 0.5) is 11.5 Å². The number of hydrogen-bond acceptors (Lipinski definition) is 6. The molecular weight excluding hydrogens is 416 g/mol. The molecule has 1 amide bonds. The fraction of sp³-hybridized carbons (Fsp3) is 0.318. The quantitative estimate of drug-likeness (QED) is 0.584. The van der Waals surface area contributed by atoms with E-state index in [0.717, 1.165) is 23.3 Å². The Kier molecular flexibility index (Phi) is 6.03. The van der Waals surface area contributed by atoms with Crippen LogP contribution >= 0.6 is 11.8 Å². The second-order valence-electron chi connectivity index (χ2n) is 7.42. The first kappa shape index (κ1) is 21.0. The van der Waals surface area contributed by atoms with Crippen LogP contribution in [0.15, 0.2) is 61.6 Å². The molecule has 9 heteroatoms. The molecule has 1 atom stereocenters. The maximum absolute atomic E-state index is 13.6.